The van der Waals surface area contributed by atoms with Gasteiger partial charge in [0.1, 0.15) is 17.3 Å². The maximum absolute atomic E-state index is 12.4. The van der Waals surface area contributed by atoms with Crippen LogP contribution in [0.3, 0.4) is 0 Å². The molecule has 0 N–H and O–H groups in total. The van der Waals surface area contributed by atoms with Crippen LogP contribution in [0.5, 0.6) is 11.5 Å². The summed E-state index contributed by atoms with van der Waals surface area (Å²) in [5, 5.41) is 0. The Kier molecular flexibility index (Phi) is 12.0. The first kappa shape index (κ1) is 22.4. The van der Waals surface area contributed by atoms with Gasteiger partial charge in [-0.3, -0.25) is 4.79 Å². The quantitative estimate of drug-likeness (QED) is 0.808. The molecule has 138 valence electrons. The van der Waals surface area contributed by atoms with Crippen LogP contribution >= 0.6 is 0 Å². The van der Waals surface area contributed by atoms with Gasteiger partial charge in [-0.2, -0.15) is 0 Å². The summed E-state index contributed by atoms with van der Waals surface area (Å²) in [5.74, 6) is 2.28. The number of Topliss-reactive ketones (excluding diaryl/α,β-unsaturated/α-hetero) is 1. The first-order valence-corrected chi connectivity index (χ1v) is 8.80. The highest BCUT2D eigenvalue weighted by Crippen LogP contribution is 2.31. The number of carbonyl (C=O) groups is 1. The molecule has 2 rings (SSSR count). The van der Waals surface area contributed by atoms with Crippen LogP contribution in [-0.2, 0) is 16.0 Å². The Labute approximate surface area is 147 Å². The van der Waals surface area contributed by atoms with E-state index in [1.165, 1.54) is 0 Å². The van der Waals surface area contributed by atoms with Gasteiger partial charge < -0.3 is 14.2 Å². The standard InChI is InChI=1S/C16H22O3.C2H6O.C2H6/c1-4-11(2)16(17)12-7-8-19-15-6-5-14(18-3)10-13(15)9-12;1-3-2;1-2/h5-6,10-12H,4,7-9H2,1-3H3;1-2H3;1-2H3. The van der Waals surface area contributed by atoms with Crippen molar-refractivity contribution in [3.63, 3.8) is 0 Å². The van der Waals surface area contributed by atoms with Gasteiger partial charge in [0.2, 0.25) is 0 Å². The predicted molar refractivity (Wildman–Crippen MR) is 99.0 cm³/mol. The van der Waals surface area contributed by atoms with Crippen molar-refractivity contribution in [2.24, 2.45) is 11.8 Å². The Balaban J connectivity index is 0.000000952. The van der Waals surface area contributed by atoms with Crippen LogP contribution in [0.15, 0.2) is 18.2 Å². The minimum absolute atomic E-state index is 0.0725. The molecule has 0 saturated carbocycles. The van der Waals surface area contributed by atoms with Gasteiger partial charge in [0, 0.05) is 26.1 Å². The van der Waals surface area contributed by atoms with Gasteiger partial charge in [-0.25, -0.2) is 0 Å². The van der Waals surface area contributed by atoms with E-state index >= 15 is 0 Å². The Morgan fingerprint density at radius 3 is 2.46 bits per heavy atom. The second kappa shape index (κ2) is 12.8. The van der Waals surface area contributed by atoms with E-state index < -0.39 is 0 Å². The molecule has 1 aliphatic rings. The summed E-state index contributed by atoms with van der Waals surface area (Å²) >= 11 is 0. The minimum Gasteiger partial charge on any atom is -0.497 e. The molecule has 2 atom stereocenters. The van der Waals surface area contributed by atoms with E-state index in [9.17, 15) is 4.79 Å². The number of hydrogen-bond acceptors (Lipinski definition) is 4. The summed E-state index contributed by atoms with van der Waals surface area (Å²) in [5.41, 5.74) is 1.08. The molecule has 0 fully saturated rings. The summed E-state index contributed by atoms with van der Waals surface area (Å²) in [4.78, 5) is 12.4. The maximum atomic E-state index is 12.4. The fourth-order valence-corrected chi connectivity index (χ4v) is 2.51. The molecular weight excluding hydrogens is 304 g/mol. The first-order chi connectivity index (χ1) is 11.6. The van der Waals surface area contributed by atoms with Crippen LogP contribution in [-0.4, -0.2) is 33.7 Å². The molecule has 2 unspecified atom stereocenters. The number of methoxy groups -OCH3 is 2. The summed E-state index contributed by atoms with van der Waals surface area (Å²) in [6.07, 6.45) is 2.47. The SMILES string of the molecule is CC.CCC(C)C(=O)C1CCOc2ccc(OC)cc2C1.COC. The zero-order chi connectivity index (χ0) is 18.5. The molecule has 0 aliphatic carbocycles. The highest BCUT2D eigenvalue weighted by atomic mass is 16.5. The van der Waals surface area contributed by atoms with E-state index in [0.29, 0.717) is 12.4 Å². The van der Waals surface area contributed by atoms with Crippen molar-refractivity contribution in [2.75, 3.05) is 27.9 Å². The molecule has 0 radical (unpaired) electrons. The number of fused-ring (bicyclic) bond motifs is 1. The molecule has 0 amide bonds. The molecule has 1 aromatic carbocycles. The third-order valence-electron chi connectivity index (χ3n) is 3.96. The van der Waals surface area contributed by atoms with E-state index in [0.717, 1.165) is 36.3 Å². The number of hydrogen-bond donors (Lipinski definition) is 0. The molecule has 4 nitrogen and oxygen atoms in total. The van der Waals surface area contributed by atoms with E-state index in [-0.39, 0.29) is 11.8 Å². The number of carbonyl (C=O) groups excluding carboxylic acids is 1. The van der Waals surface area contributed by atoms with Gasteiger partial charge in [0.05, 0.1) is 13.7 Å². The zero-order valence-corrected chi connectivity index (χ0v) is 16.3. The van der Waals surface area contributed by atoms with Crippen LogP contribution in [0.1, 0.15) is 46.1 Å². The van der Waals surface area contributed by atoms with Gasteiger partial charge in [0.25, 0.3) is 0 Å². The van der Waals surface area contributed by atoms with Gasteiger partial charge >= 0.3 is 0 Å². The lowest BCUT2D eigenvalue weighted by molar-refractivity contribution is -0.126. The van der Waals surface area contributed by atoms with Crippen molar-refractivity contribution in [1.82, 2.24) is 0 Å². The molecule has 0 spiro atoms. The topological polar surface area (TPSA) is 44.8 Å². The molecule has 1 heterocycles. The third-order valence-corrected chi connectivity index (χ3v) is 3.96. The lowest BCUT2D eigenvalue weighted by Gasteiger charge is -2.16. The van der Waals surface area contributed by atoms with Crippen molar-refractivity contribution >= 4 is 5.78 Å². The summed E-state index contributed by atoms with van der Waals surface area (Å²) < 4.78 is 15.2. The van der Waals surface area contributed by atoms with Crippen molar-refractivity contribution in [2.45, 2.75) is 47.0 Å². The fraction of sp³-hybridized carbons (Fsp3) is 0.650. The summed E-state index contributed by atoms with van der Waals surface area (Å²) in [7, 11) is 4.90. The zero-order valence-electron chi connectivity index (χ0n) is 16.3. The Morgan fingerprint density at radius 1 is 1.29 bits per heavy atom. The second-order valence-electron chi connectivity index (χ2n) is 5.63. The highest BCUT2D eigenvalue weighted by molar-refractivity contribution is 5.83. The van der Waals surface area contributed by atoms with Crippen LogP contribution in [0.4, 0.5) is 0 Å². The number of ketones is 1. The van der Waals surface area contributed by atoms with Gasteiger partial charge in [-0.15, -0.1) is 0 Å². The molecule has 1 aliphatic heterocycles. The van der Waals surface area contributed by atoms with E-state index in [4.69, 9.17) is 9.47 Å². The molecule has 0 aromatic heterocycles. The molecule has 1 aromatic rings. The predicted octanol–water partition coefficient (Wildman–Crippen LogP) is 4.54. The van der Waals surface area contributed by atoms with E-state index in [2.05, 4.69) is 11.7 Å². The largest absolute Gasteiger partial charge is 0.497 e. The van der Waals surface area contributed by atoms with Crippen LogP contribution < -0.4 is 9.47 Å². The number of benzene rings is 1. The lowest BCUT2D eigenvalue weighted by atomic mass is 9.86. The van der Waals surface area contributed by atoms with Crippen LogP contribution in [0.2, 0.25) is 0 Å². The molecule has 4 heteroatoms. The maximum Gasteiger partial charge on any atom is 0.139 e. The van der Waals surface area contributed by atoms with Gasteiger partial charge in [0.15, 0.2) is 0 Å². The van der Waals surface area contributed by atoms with Crippen molar-refractivity contribution in [1.29, 1.82) is 0 Å². The minimum atomic E-state index is 0.0725. The van der Waals surface area contributed by atoms with Crippen molar-refractivity contribution in [3.8, 4) is 11.5 Å². The summed E-state index contributed by atoms with van der Waals surface area (Å²) in [6.45, 7) is 8.69. The number of ether oxygens (including phenoxy) is 3. The number of rotatable bonds is 4. The smallest absolute Gasteiger partial charge is 0.139 e. The lowest BCUT2D eigenvalue weighted by Crippen LogP contribution is -2.23. The third kappa shape index (κ3) is 6.91. The average Bonchev–Trinajstić information content (AvgIpc) is 2.84. The Morgan fingerprint density at radius 2 is 1.92 bits per heavy atom. The van der Waals surface area contributed by atoms with Gasteiger partial charge in [-0.05, 0) is 43.0 Å². The Bertz CT molecular complexity index is 471. The highest BCUT2D eigenvalue weighted by Gasteiger charge is 2.26. The van der Waals surface area contributed by atoms with Crippen molar-refractivity contribution in [3.05, 3.63) is 23.8 Å². The second-order valence-corrected chi connectivity index (χ2v) is 5.63. The molecular formula is C20H34O4. The molecule has 0 saturated heterocycles. The van der Waals surface area contributed by atoms with Gasteiger partial charge in [-0.1, -0.05) is 27.7 Å². The van der Waals surface area contributed by atoms with E-state index in [1.807, 2.05) is 39.0 Å². The van der Waals surface area contributed by atoms with Crippen molar-refractivity contribution < 1.29 is 19.0 Å². The monoisotopic (exact) mass is 338 g/mol. The average molecular weight is 338 g/mol. The normalized spacial score (nSPS) is 16.7. The fourth-order valence-electron chi connectivity index (χ4n) is 2.51. The molecule has 24 heavy (non-hydrogen) atoms. The summed E-state index contributed by atoms with van der Waals surface area (Å²) in [6, 6.07) is 5.82. The van der Waals surface area contributed by atoms with Crippen LogP contribution in [0.25, 0.3) is 0 Å². The van der Waals surface area contributed by atoms with E-state index in [1.54, 1.807) is 21.3 Å². The molecule has 0 bridgehead atoms. The first-order valence-electron chi connectivity index (χ1n) is 8.80. The Hall–Kier alpha value is -1.55. The van der Waals surface area contributed by atoms with Crippen LogP contribution in [0, 0.1) is 11.8 Å².